The molecular formula is C20H25N3OS. The number of carbonyl (C=O) groups excluding carboxylic acids is 1. The first-order valence-corrected chi connectivity index (χ1v) is 9.84. The fourth-order valence-electron chi connectivity index (χ4n) is 3.11. The van der Waals surface area contributed by atoms with Gasteiger partial charge in [-0.1, -0.05) is 38.8 Å². The Kier molecular flexibility index (Phi) is 5.53. The zero-order valence-electron chi connectivity index (χ0n) is 15.1. The van der Waals surface area contributed by atoms with Crippen LogP contribution in [0.25, 0.3) is 16.2 Å². The molecule has 0 spiro atoms. The number of nitrogens with one attached hydrogen (secondary N) is 1. The molecule has 2 heterocycles. The van der Waals surface area contributed by atoms with Gasteiger partial charge in [-0.25, -0.2) is 4.98 Å². The zero-order valence-corrected chi connectivity index (χ0v) is 15.9. The molecule has 1 N–H and O–H groups in total. The quantitative estimate of drug-likeness (QED) is 0.606. The lowest BCUT2D eigenvalue weighted by molar-refractivity contribution is -0.120. The molecule has 3 aromatic rings. The van der Waals surface area contributed by atoms with E-state index in [4.69, 9.17) is 0 Å². The largest absolute Gasteiger partial charge is 0.326 e. The van der Waals surface area contributed by atoms with Gasteiger partial charge in [0.15, 0.2) is 4.96 Å². The number of aryl methyl sites for hydroxylation is 1. The van der Waals surface area contributed by atoms with Gasteiger partial charge in [0.2, 0.25) is 5.91 Å². The molecule has 0 bridgehead atoms. The van der Waals surface area contributed by atoms with E-state index in [1.54, 1.807) is 11.3 Å². The number of aromatic nitrogens is 2. The molecule has 5 heteroatoms. The molecule has 3 rings (SSSR count). The van der Waals surface area contributed by atoms with E-state index in [1.165, 1.54) is 5.69 Å². The van der Waals surface area contributed by atoms with Crippen molar-refractivity contribution in [1.82, 2.24) is 9.38 Å². The number of benzene rings is 1. The molecule has 0 aliphatic heterocycles. The van der Waals surface area contributed by atoms with Gasteiger partial charge in [0, 0.05) is 34.4 Å². The van der Waals surface area contributed by atoms with Gasteiger partial charge >= 0.3 is 0 Å². The normalized spacial score (nSPS) is 11.4. The first-order chi connectivity index (χ1) is 12.1. The summed E-state index contributed by atoms with van der Waals surface area (Å²) >= 11 is 1.65. The Morgan fingerprint density at radius 2 is 1.88 bits per heavy atom. The van der Waals surface area contributed by atoms with Gasteiger partial charge in [0.25, 0.3) is 0 Å². The van der Waals surface area contributed by atoms with E-state index in [0.717, 1.165) is 47.6 Å². The summed E-state index contributed by atoms with van der Waals surface area (Å²) in [5, 5.41) is 5.16. The van der Waals surface area contributed by atoms with Crippen LogP contribution in [0.1, 0.15) is 45.2 Å². The Morgan fingerprint density at radius 3 is 2.48 bits per heavy atom. The van der Waals surface area contributed by atoms with Crippen molar-refractivity contribution in [3.8, 4) is 11.3 Å². The summed E-state index contributed by atoms with van der Waals surface area (Å²) in [7, 11) is 0. The second-order valence-corrected chi connectivity index (χ2v) is 7.33. The number of amides is 1. The molecule has 132 valence electrons. The summed E-state index contributed by atoms with van der Waals surface area (Å²) in [4.78, 5) is 18.1. The average molecular weight is 356 g/mol. The van der Waals surface area contributed by atoms with Crippen molar-refractivity contribution >= 4 is 27.9 Å². The average Bonchev–Trinajstić information content (AvgIpc) is 3.18. The highest BCUT2D eigenvalue weighted by Crippen LogP contribution is 2.25. The number of carbonyl (C=O) groups is 1. The molecule has 0 radical (unpaired) electrons. The molecule has 0 atom stereocenters. The van der Waals surface area contributed by atoms with E-state index >= 15 is 0 Å². The van der Waals surface area contributed by atoms with Crippen molar-refractivity contribution in [1.29, 1.82) is 0 Å². The number of imidazole rings is 1. The third-order valence-electron chi connectivity index (χ3n) is 4.48. The molecule has 0 saturated carbocycles. The Bertz CT molecular complexity index is 842. The molecule has 0 aliphatic rings. The highest BCUT2D eigenvalue weighted by Gasteiger charge is 2.16. The SMILES string of the molecule is CCCC(CCC)C(=O)Nc1ccc(-c2cn3c(C)csc3n2)cc1. The smallest absolute Gasteiger partial charge is 0.227 e. The fraction of sp³-hybridized carbons (Fsp3) is 0.400. The van der Waals surface area contributed by atoms with Crippen molar-refractivity contribution in [3.63, 3.8) is 0 Å². The van der Waals surface area contributed by atoms with E-state index in [-0.39, 0.29) is 11.8 Å². The van der Waals surface area contributed by atoms with Crippen LogP contribution in [0.5, 0.6) is 0 Å². The topological polar surface area (TPSA) is 46.4 Å². The van der Waals surface area contributed by atoms with E-state index < -0.39 is 0 Å². The van der Waals surface area contributed by atoms with Gasteiger partial charge in [-0.05, 0) is 31.9 Å². The van der Waals surface area contributed by atoms with Crippen LogP contribution in [0.2, 0.25) is 0 Å². The van der Waals surface area contributed by atoms with Crippen LogP contribution in [0.15, 0.2) is 35.8 Å². The van der Waals surface area contributed by atoms with Crippen LogP contribution < -0.4 is 5.32 Å². The second-order valence-electron chi connectivity index (χ2n) is 6.50. The van der Waals surface area contributed by atoms with E-state index in [9.17, 15) is 4.79 Å². The van der Waals surface area contributed by atoms with Crippen LogP contribution in [0, 0.1) is 12.8 Å². The number of rotatable bonds is 7. The first-order valence-electron chi connectivity index (χ1n) is 8.96. The highest BCUT2D eigenvalue weighted by atomic mass is 32.1. The highest BCUT2D eigenvalue weighted by molar-refractivity contribution is 7.15. The third kappa shape index (κ3) is 3.93. The monoisotopic (exact) mass is 355 g/mol. The van der Waals surface area contributed by atoms with Crippen LogP contribution >= 0.6 is 11.3 Å². The number of nitrogens with zero attached hydrogens (tertiary/aromatic N) is 2. The minimum atomic E-state index is 0.109. The Labute approximate surface area is 152 Å². The Balaban J connectivity index is 1.72. The molecule has 4 nitrogen and oxygen atoms in total. The van der Waals surface area contributed by atoms with Gasteiger partial charge in [-0.3, -0.25) is 9.20 Å². The van der Waals surface area contributed by atoms with Gasteiger partial charge in [0.1, 0.15) is 0 Å². The molecule has 0 fully saturated rings. The molecule has 0 aliphatic carbocycles. The standard InChI is InChI=1S/C20H25N3OS/c1-4-6-16(7-5-2)19(24)21-17-10-8-15(9-11-17)18-12-23-14(3)13-25-20(23)22-18/h8-13,16H,4-7H2,1-3H3,(H,21,24). The lowest BCUT2D eigenvalue weighted by Crippen LogP contribution is -2.22. The van der Waals surface area contributed by atoms with Gasteiger partial charge in [-0.2, -0.15) is 0 Å². The third-order valence-corrected chi connectivity index (χ3v) is 5.44. The number of thiazole rings is 1. The maximum Gasteiger partial charge on any atom is 0.227 e. The van der Waals surface area contributed by atoms with Crippen molar-refractivity contribution in [3.05, 3.63) is 41.5 Å². The molecule has 2 aromatic heterocycles. The maximum absolute atomic E-state index is 12.4. The first kappa shape index (κ1) is 17.7. The van der Waals surface area contributed by atoms with Crippen LogP contribution in [0.3, 0.4) is 0 Å². The molecule has 0 saturated heterocycles. The Morgan fingerprint density at radius 1 is 1.20 bits per heavy atom. The number of hydrogen-bond donors (Lipinski definition) is 1. The van der Waals surface area contributed by atoms with Crippen LogP contribution in [-0.4, -0.2) is 15.3 Å². The molecule has 0 unspecified atom stereocenters. The summed E-state index contributed by atoms with van der Waals surface area (Å²) in [6.07, 6.45) is 6.03. The van der Waals surface area contributed by atoms with Crippen molar-refractivity contribution in [2.45, 2.75) is 46.5 Å². The van der Waals surface area contributed by atoms with Gasteiger partial charge < -0.3 is 5.32 Å². The number of hydrogen-bond acceptors (Lipinski definition) is 3. The lowest BCUT2D eigenvalue weighted by Gasteiger charge is -2.15. The van der Waals surface area contributed by atoms with E-state index in [1.807, 2.05) is 24.3 Å². The van der Waals surface area contributed by atoms with Crippen LogP contribution in [0.4, 0.5) is 5.69 Å². The molecular weight excluding hydrogens is 330 g/mol. The lowest BCUT2D eigenvalue weighted by atomic mass is 9.97. The van der Waals surface area contributed by atoms with Crippen molar-refractivity contribution in [2.24, 2.45) is 5.92 Å². The minimum absolute atomic E-state index is 0.109. The van der Waals surface area contributed by atoms with Gasteiger partial charge in [0.05, 0.1) is 5.69 Å². The van der Waals surface area contributed by atoms with E-state index in [2.05, 4.69) is 47.0 Å². The molecule has 1 amide bonds. The summed E-state index contributed by atoms with van der Waals surface area (Å²) < 4.78 is 2.11. The second kappa shape index (κ2) is 7.83. The molecule has 1 aromatic carbocycles. The zero-order chi connectivity index (χ0) is 17.8. The summed E-state index contributed by atoms with van der Waals surface area (Å²) in [5.41, 5.74) is 4.07. The predicted octanol–water partition coefficient (Wildman–Crippen LogP) is 5.53. The number of anilines is 1. The van der Waals surface area contributed by atoms with Crippen LogP contribution in [-0.2, 0) is 4.79 Å². The van der Waals surface area contributed by atoms with E-state index in [0.29, 0.717) is 0 Å². The minimum Gasteiger partial charge on any atom is -0.326 e. The molecule has 25 heavy (non-hydrogen) atoms. The summed E-state index contributed by atoms with van der Waals surface area (Å²) in [6.45, 7) is 6.33. The van der Waals surface area contributed by atoms with Gasteiger partial charge in [-0.15, -0.1) is 11.3 Å². The predicted molar refractivity (Wildman–Crippen MR) is 105 cm³/mol. The number of fused-ring (bicyclic) bond motifs is 1. The fourth-order valence-corrected chi connectivity index (χ4v) is 3.96. The summed E-state index contributed by atoms with van der Waals surface area (Å²) in [6, 6.07) is 7.96. The maximum atomic E-state index is 12.4. The Hall–Kier alpha value is -2.14. The van der Waals surface area contributed by atoms with Crippen molar-refractivity contribution < 1.29 is 4.79 Å². The summed E-state index contributed by atoms with van der Waals surface area (Å²) in [5.74, 6) is 0.243. The van der Waals surface area contributed by atoms with Crippen molar-refractivity contribution in [2.75, 3.05) is 5.32 Å².